The van der Waals surface area contributed by atoms with E-state index in [4.69, 9.17) is 27.9 Å². The number of rotatable bonds is 4. The van der Waals surface area contributed by atoms with Gasteiger partial charge in [0.2, 0.25) is 0 Å². The minimum Gasteiger partial charge on any atom is -0.696 e. The summed E-state index contributed by atoms with van der Waals surface area (Å²) < 4.78 is 4.86. The van der Waals surface area contributed by atoms with Gasteiger partial charge in [-0.05, 0) is 19.1 Å². The summed E-state index contributed by atoms with van der Waals surface area (Å²) in [5, 5.41) is 14.5. The van der Waals surface area contributed by atoms with Gasteiger partial charge in [-0.25, -0.2) is 4.79 Å². The molecule has 0 bridgehead atoms. The van der Waals surface area contributed by atoms with E-state index in [9.17, 15) is 10.0 Å². The Labute approximate surface area is 114 Å². The number of esters is 1. The Hall–Kier alpha value is -1.53. The number of anilines is 1. The molecule has 0 spiro atoms. The lowest BCUT2D eigenvalue weighted by molar-refractivity contribution is -0.497. The first kappa shape index (κ1) is 14.5. The van der Waals surface area contributed by atoms with Gasteiger partial charge in [-0.1, -0.05) is 23.2 Å². The van der Waals surface area contributed by atoms with Crippen LogP contribution in [0.15, 0.2) is 17.4 Å². The Morgan fingerprint density at radius 2 is 2.22 bits per heavy atom. The van der Waals surface area contributed by atoms with Crippen molar-refractivity contribution in [2.24, 2.45) is 5.22 Å². The molecule has 0 saturated heterocycles. The van der Waals surface area contributed by atoms with Crippen molar-refractivity contribution in [2.45, 2.75) is 6.92 Å². The average molecular weight is 292 g/mol. The fourth-order valence-corrected chi connectivity index (χ4v) is 1.71. The van der Waals surface area contributed by atoms with E-state index in [0.29, 0.717) is 4.86 Å². The van der Waals surface area contributed by atoms with E-state index in [-0.39, 0.29) is 27.9 Å². The van der Waals surface area contributed by atoms with Crippen molar-refractivity contribution in [3.05, 3.63) is 32.9 Å². The van der Waals surface area contributed by atoms with Crippen LogP contribution in [0.3, 0.4) is 0 Å². The average Bonchev–Trinajstić information content (AvgIpc) is 2.26. The minimum absolute atomic E-state index is 0.111. The summed E-state index contributed by atoms with van der Waals surface area (Å²) in [6.45, 7) is 1.88. The maximum atomic E-state index is 11.7. The van der Waals surface area contributed by atoms with E-state index in [2.05, 4.69) is 10.6 Å². The fourth-order valence-electron chi connectivity index (χ4n) is 1.18. The number of carbonyl (C=O) groups is 1. The topological polar surface area (TPSA) is 76.8 Å². The molecule has 0 unspecified atom stereocenters. The predicted octanol–water partition coefficient (Wildman–Crippen LogP) is 3.09. The molecule has 0 amide bonds. The molecule has 98 valence electrons. The summed E-state index contributed by atoms with van der Waals surface area (Å²) >= 11 is 11.7. The monoisotopic (exact) mass is 291 g/mol. The number of nitrogens with one attached hydrogen (secondary N) is 1. The zero-order valence-corrected chi connectivity index (χ0v) is 11.2. The van der Waals surface area contributed by atoms with Gasteiger partial charge in [-0.3, -0.25) is 0 Å². The molecule has 0 atom stereocenters. The van der Waals surface area contributed by atoms with Crippen LogP contribution in [0.2, 0.25) is 10.0 Å². The van der Waals surface area contributed by atoms with E-state index in [1.807, 2.05) is 0 Å². The van der Waals surface area contributed by atoms with E-state index in [0.717, 1.165) is 0 Å². The molecular formula is C10H11Cl2N3O3. The first-order valence-corrected chi connectivity index (χ1v) is 5.75. The molecule has 0 radical (unpaired) electrons. The number of halogens is 2. The van der Waals surface area contributed by atoms with Crippen LogP contribution in [0, 0.1) is 5.21 Å². The highest BCUT2D eigenvalue weighted by molar-refractivity contribution is 6.37. The number of carbonyl (C=O) groups excluding carboxylic acids is 1. The molecule has 18 heavy (non-hydrogen) atoms. The molecule has 1 aromatic rings. The number of hydroxylamine groups is 1. The zero-order chi connectivity index (χ0) is 13.7. The molecule has 1 rings (SSSR count). The van der Waals surface area contributed by atoms with Gasteiger partial charge in [-0.15, -0.1) is 5.43 Å². The Morgan fingerprint density at radius 3 is 2.78 bits per heavy atom. The number of hydrogen-bond acceptors (Lipinski definition) is 4. The van der Waals surface area contributed by atoms with Crippen molar-refractivity contribution in [2.75, 3.05) is 19.1 Å². The lowest BCUT2D eigenvalue weighted by Gasteiger charge is -2.07. The summed E-state index contributed by atoms with van der Waals surface area (Å²) in [4.78, 5) is 12.0. The summed E-state index contributed by atoms with van der Waals surface area (Å²) in [6, 6.07) is 2.81. The molecule has 8 heteroatoms. The SMILES string of the molecule is CCOC(=O)c1cc(Cl)cc(Cl)c1NN=[N+](C)[O-]. The van der Waals surface area contributed by atoms with E-state index >= 15 is 0 Å². The third-order valence-corrected chi connectivity index (χ3v) is 2.37. The number of hydrogen-bond donors (Lipinski definition) is 1. The highest BCUT2D eigenvalue weighted by atomic mass is 35.5. The van der Waals surface area contributed by atoms with Crippen molar-refractivity contribution in [1.29, 1.82) is 0 Å². The highest BCUT2D eigenvalue weighted by Crippen LogP contribution is 2.30. The van der Waals surface area contributed by atoms with Crippen molar-refractivity contribution < 1.29 is 14.4 Å². The fraction of sp³-hybridized carbons (Fsp3) is 0.300. The summed E-state index contributed by atoms with van der Waals surface area (Å²) in [5.74, 6) is -0.604. The lowest BCUT2D eigenvalue weighted by atomic mass is 10.2. The molecule has 0 aliphatic heterocycles. The van der Waals surface area contributed by atoms with Gasteiger partial charge >= 0.3 is 5.97 Å². The van der Waals surface area contributed by atoms with E-state index in [1.54, 1.807) is 6.92 Å². The second-order valence-electron chi connectivity index (χ2n) is 3.21. The van der Waals surface area contributed by atoms with Gasteiger partial charge in [0.25, 0.3) is 0 Å². The predicted molar refractivity (Wildman–Crippen MR) is 68.0 cm³/mol. The highest BCUT2D eigenvalue weighted by Gasteiger charge is 2.20. The molecule has 0 heterocycles. The van der Waals surface area contributed by atoms with Gasteiger partial charge in [0, 0.05) is 5.02 Å². The molecule has 1 aromatic carbocycles. The largest absolute Gasteiger partial charge is 0.696 e. The lowest BCUT2D eigenvalue weighted by Crippen LogP contribution is -2.09. The third-order valence-electron chi connectivity index (χ3n) is 1.85. The number of nitrogens with zero attached hydrogens (tertiary/aromatic N) is 2. The van der Waals surface area contributed by atoms with E-state index < -0.39 is 5.97 Å². The van der Waals surface area contributed by atoms with Crippen molar-refractivity contribution >= 4 is 34.9 Å². The number of ether oxygens (including phenoxy) is 1. The molecule has 6 nitrogen and oxygen atoms in total. The van der Waals surface area contributed by atoms with Gasteiger partial charge in [0.1, 0.15) is 12.6 Å². The van der Waals surface area contributed by atoms with Gasteiger partial charge < -0.3 is 9.94 Å². The van der Waals surface area contributed by atoms with Crippen molar-refractivity contribution in [1.82, 2.24) is 0 Å². The second-order valence-corrected chi connectivity index (χ2v) is 4.05. The maximum Gasteiger partial charge on any atom is 0.342 e. The second kappa shape index (κ2) is 6.42. The standard InChI is InChI=1S/C10H11Cl2N3O3/c1-3-18-10(16)7-4-6(11)5-8(12)9(7)13-14-15(2)17/h4-5,13H,3H2,1-2H3. The van der Waals surface area contributed by atoms with Crippen molar-refractivity contribution in [3.63, 3.8) is 0 Å². The molecule has 0 fully saturated rings. The molecule has 0 aliphatic carbocycles. The molecular weight excluding hydrogens is 281 g/mol. The Kier molecular flexibility index (Phi) is 5.18. The zero-order valence-electron chi connectivity index (χ0n) is 9.74. The van der Waals surface area contributed by atoms with Crippen LogP contribution in [0.1, 0.15) is 17.3 Å². The van der Waals surface area contributed by atoms with Crippen LogP contribution in [-0.2, 0) is 4.74 Å². The summed E-state index contributed by atoms with van der Waals surface area (Å²) in [7, 11) is 1.18. The van der Waals surface area contributed by atoms with Gasteiger partial charge in [-0.2, -0.15) is 4.86 Å². The molecule has 0 aliphatic rings. The smallest absolute Gasteiger partial charge is 0.342 e. The summed E-state index contributed by atoms with van der Waals surface area (Å²) in [6.07, 6.45) is 0. The molecule has 0 saturated carbocycles. The first-order valence-electron chi connectivity index (χ1n) is 4.99. The molecule has 0 aromatic heterocycles. The van der Waals surface area contributed by atoms with Crippen LogP contribution >= 0.6 is 23.2 Å². The van der Waals surface area contributed by atoms with Gasteiger partial charge in [0.15, 0.2) is 5.69 Å². The first-order chi connectivity index (χ1) is 8.45. The van der Waals surface area contributed by atoms with Crippen LogP contribution in [0.4, 0.5) is 5.69 Å². The van der Waals surface area contributed by atoms with Crippen LogP contribution in [0.25, 0.3) is 0 Å². The van der Waals surface area contributed by atoms with Crippen LogP contribution in [-0.4, -0.2) is 24.5 Å². The van der Waals surface area contributed by atoms with E-state index in [1.165, 1.54) is 19.2 Å². The summed E-state index contributed by atoms with van der Waals surface area (Å²) in [5.41, 5.74) is 2.67. The minimum atomic E-state index is -0.604. The molecule has 1 N–H and O–H groups in total. The van der Waals surface area contributed by atoms with Crippen LogP contribution in [0.5, 0.6) is 0 Å². The number of benzene rings is 1. The maximum absolute atomic E-state index is 11.7. The quantitative estimate of drug-likeness (QED) is 0.400. The third kappa shape index (κ3) is 3.75. The van der Waals surface area contributed by atoms with Crippen molar-refractivity contribution in [3.8, 4) is 0 Å². The van der Waals surface area contributed by atoms with Gasteiger partial charge in [0.05, 0.1) is 16.9 Å². The van der Waals surface area contributed by atoms with Crippen LogP contribution < -0.4 is 5.43 Å². The normalized spacial score (nSPS) is 11.2. The Balaban J connectivity index is 3.20. The Morgan fingerprint density at radius 1 is 1.56 bits per heavy atom. The Bertz CT molecular complexity index is 488.